The number of nitrogens with two attached hydrogens (primary N) is 1. The van der Waals surface area contributed by atoms with E-state index in [1.54, 1.807) is 4.90 Å². The largest absolute Gasteiger partial charge is 0.375 e. The number of carbonyl (C=O) groups excluding carboxylic acids is 3. The van der Waals surface area contributed by atoms with E-state index in [0.29, 0.717) is 18.5 Å². The Morgan fingerprint density at radius 2 is 1.97 bits per heavy atom. The average Bonchev–Trinajstić information content (AvgIpc) is 3.06. The van der Waals surface area contributed by atoms with E-state index in [1.165, 1.54) is 5.56 Å². The first-order valence-corrected chi connectivity index (χ1v) is 11.3. The number of nitrogens with one attached hydrogen (secondary N) is 1. The number of imide groups is 1. The van der Waals surface area contributed by atoms with E-state index in [9.17, 15) is 14.4 Å². The average molecular weight is 427 g/mol. The van der Waals surface area contributed by atoms with Crippen molar-refractivity contribution in [3.63, 3.8) is 0 Å². The lowest BCUT2D eigenvalue weighted by molar-refractivity contribution is -0.136. The molecule has 166 valence electrons. The normalized spacial score (nSPS) is 28.7. The second kappa shape index (κ2) is 8.00. The molecule has 31 heavy (non-hydrogen) atoms. The van der Waals surface area contributed by atoms with Gasteiger partial charge >= 0.3 is 0 Å². The third kappa shape index (κ3) is 4.00. The van der Waals surface area contributed by atoms with Crippen LogP contribution in [0.2, 0.25) is 0 Å². The Kier molecular flexibility index (Phi) is 5.32. The highest BCUT2D eigenvalue weighted by Gasteiger charge is 2.40. The molecule has 1 spiro atoms. The molecule has 4 heterocycles. The minimum atomic E-state index is -0.568. The van der Waals surface area contributed by atoms with Crippen molar-refractivity contribution in [1.82, 2.24) is 15.1 Å². The summed E-state index contributed by atoms with van der Waals surface area (Å²) in [5.74, 6) is -0.761. The number of rotatable bonds is 3. The van der Waals surface area contributed by atoms with Gasteiger partial charge in [0.05, 0.1) is 5.60 Å². The third-order valence-electron chi connectivity index (χ3n) is 7.29. The Bertz CT molecular complexity index is 909. The summed E-state index contributed by atoms with van der Waals surface area (Å²) in [6.07, 6.45) is 4.58. The van der Waals surface area contributed by atoms with Crippen LogP contribution in [0.1, 0.15) is 60.0 Å². The molecule has 0 aromatic heterocycles. The number of nitrogens with zero attached hydrogens (tertiary/aromatic N) is 2. The van der Waals surface area contributed by atoms with Gasteiger partial charge in [-0.1, -0.05) is 12.1 Å². The molecule has 1 aromatic carbocycles. The van der Waals surface area contributed by atoms with Crippen molar-refractivity contribution in [2.24, 2.45) is 5.73 Å². The zero-order valence-corrected chi connectivity index (χ0v) is 17.8. The lowest BCUT2D eigenvalue weighted by atomic mass is 9.82. The monoisotopic (exact) mass is 426 g/mol. The molecule has 8 nitrogen and oxygen atoms in total. The smallest absolute Gasteiger partial charge is 0.255 e. The van der Waals surface area contributed by atoms with Gasteiger partial charge in [0, 0.05) is 50.8 Å². The van der Waals surface area contributed by atoms with Crippen LogP contribution in [-0.2, 0) is 27.4 Å². The zero-order chi connectivity index (χ0) is 21.6. The Balaban J connectivity index is 1.22. The maximum atomic E-state index is 12.8. The Morgan fingerprint density at radius 3 is 2.71 bits per heavy atom. The Hall–Kier alpha value is -2.29. The van der Waals surface area contributed by atoms with Crippen LogP contribution in [0.15, 0.2) is 18.2 Å². The predicted molar refractivity (Wildman–Crippen MR) is 113 cm³/mol. The SMILES string of the molecule is NC1CCOC2(CCN(Cc3ccc4c(c3)CN(C3CCC(=O)NC3=O)C4=O)CC2)C1. The molecular weight excluding hydrogens is 396 g/mol. The Labute approximate surface area is 182 Å². The second-order valence-corrected chi connectivity index (χ2v) is 9.45. The fourth-order valence-electron chi connectivity index (χ4n) is 5.52. The van der Waals surface area contributed by atoms with Gasteiger partial charge in [-0.3, -0.25) is 24.6 Å². The number of amides is 3. The van der Waals surface area contributed by atoms with E-state index in [2.05, 4.69) is 16.3 Å². The molecule has 0 radical (unpaired) electrons. The van der Waals surface area contributed by atoms with E-state index >= 15 is 0 Å². The first-order chi connectivity index (χ1) is 14.9. The lowest BCUT2D eigenvalue weighted by Crippen LogP contribution is -2.52. The fourth-order valence-corrected chi connectivity index (χ4v) is 5.52. The van der Waals surface area contributed by atoms with Crippen molar-refractivity contribution in [2.45, 2.75) is 69.3 Å². The molecule has 4 aliphatic rings. The van der Waals surface area contributed by atoms with Crippen LogP contribution in [0.5, 0.6) is 0 Å². The summed E-state index contributed by atoms with van der Waals surface area (Å²) in [5.41, 5.74) is 8.93. The summed E-state index contributed by atoms with van der Waals surface area (Å²) < 4.78 is 6.13. The number of hydrogen-bond acceptors (Lipinski definition) is 6. The summed E-state index contributed by atoms with van der Waals surface area (Å²) in [5, 5.41) is 2.35. The van der Waals surface area contributed by atoms with Crippen molar-refractivity contribution in [3.05, 3.63) is 34.9 Å². The second-order valence-electron chi connectivity index (χ2n) is 9.45. The number of hydrogen-bond donors (Lipinski definition) is 2. The number of piperidine rings is 2. The number of benzene rings is 1. The number of fused-ring (bicyclic) bond motifs is 1. The number of likely N-dealkylation sites (tertiary alicyclic amines) is 1. The summed E-state index contributed by atoms with van der Waals surface area (Å²) in [6, 6.07) is 5.68. The summed E-state index contributed by atoms with van der Waals surface area (Å²) in [4.78, 5) is 40.5. The topological polar surface area (TPSA) is 105 Å². The van der Waals surface area contributed by atoms with Gasteiger partial charge in [0.15, 0.2) is 0 Å². The van der Waals surface area contributed by atoms with Crippen molar-refractivity contribution in [1.29, 1.82) is 0 Å². The molecule has 3 saturated heterocycles. The first kappa shape index (κ1) is 20.6. The highest BCUT2D eigenvalue weighted by atomic mass is 16.5. The predicted octanol–water partition coefficient (Wildman–Crippen LogP) is 0.920. The zero-order valence-electron chi connectivity index (χ0n) is 17.8. The Morgan fingerprint density at radius 1 is 1.16 bits per heavy atom. The van der Waals surface area contributed by atoms with Crippen LogP contribution in [-0.4, -0.2) is 64.9 Å². The summed E-state index contributed by atoms with van der Waals surface area (Å²) >= 11 is 0. The lowest BCUT2D eigenvalue weighted by Gasteiger charge is -2.45. The molecule has 2 atom stereocenters. The highest BCUT2D eigenvalue weighted by molar-refractivity contribution is 6.05. The van der Waals surface area contributed by atoms with Crippen LogP contribution < -0.4 is 11.1 Å². The molecule has 4 aliphatic heterocycles. The molecule has 0 saturated carbocycles. The molecule has 5 rings (SSSR count). The molecule has 3 fully saturated rings. The van der Waals surface area contributed by atoms with Gasteiger partial charge in [-0.2, -0.15) is 0 Å². The maximum Gasteiger partial charge on any atom is 0.255 e. The van der Waals surface area contributed by atoms with E-state index in [1.807, 2.05) is 12.1 Å². The third-order valence-corrected chi connectivity index (χ3v) is 7.29. The molecule has 2 unspecified atom stereocenters. The van der Waals surface area contributed by atoms with Gasteiger partial charge in [-0.25, -0.2) is 0 Å². The van der Waals surface area contributed by atoms with Gasteiger partial charge < -0.3 is 15.4 Å². The standard InChI is InChI=1S/C23H30N4O4/c24-17-5-10-31-23(12-17)6-8-26(9-7-23)13-15-1-2-18-16(11-15)14-27(22(18)30)19-3-4-20(28)25-21(19)29/h1-2,11,17,19H,3-10,12-14,24H2,(H,25,28,29). The van der Waals surface area contributed by atoms with Crippen molar-refractivity contribution >= 4 is 17.7 Å². The first-order valence-electron chi connectivity index (χ1n) is 11.3. The van der Waals surface area contributed by atoms with Crippen LogP contribution >= 0.6 is 0 Å². The van der Waals surface area contributed by atoms with Crippen LogP contribution in [0.3, 0.4) is 0 Å². The van der Waals surface area contributed by atoms with Crippen LogP contribution in [0, 0.1) is 0 Å². The molecule has 8 heteroatoms. The van der Waals surface area contributed by atoms with Gasteiger partial charge in [-0.05, 0) is 49.3 Å². The molecule has 0 bridgehead atoms. The maximum absolute atomic E-state index is 12.8. The molecule has 3 amide bonds. The van der Waals surface area contributed by atoms with Gasteiger partial charge in [0.2, 0.25) is 11.8 Å². The quantitative estimate of drug-likeness (QED) is 0.697. The van der Waals surface area contributed by atoms with Crippen LogP contribution in [0.4, 0.5) is 0 Å². The highest BCUT2D eigenvalue weighted by Crippen LogP contribution is 2.35. The van der Waals surface area contributed by atoms with E-state index in [-0.39, 0.29) is 35.8 Å². The van der Waals surface area contributed by atoms with Gasteiger partial charge in [0.25, 0.3) is 5.91 Å². The molecule has 3 N–H and O–H groups in total. The van der Waals surface area contributed by atoms with Crippen molar-refractivity contribution < 1.29 is 19.1 Å². The van der Waals surface area contributed by atoms with E-state index in [0.717, 1.165) is 57.5 Å². The summed E-state index contributed by atoms with van der Waals surface area (Å²) in [6.45, 7) is 3.98. The van der Waals surface area contributed by atoms with Crippen molar-refractivity contribution in [2.75, 3.05) is 19.7 Å². The number of carbonyl (C=O) groups is 3. The van der Waals surface area contributed by atoms with E-state index < -0.39 is 6.04 Å². The molecular formula is C23H30N4O4. The van der Waals surface area contributed by atoms with Gasteiger partial charge in [0.1, 0.15) is 6.04 Å². The molecule has 1 aromatic rings. The fraction of sp³-hybridized carbons (Fsp3) is 0.609. The molecule has 0 aliphatic carbocycles. The van der Waals surface area contributed by atoms with Gasteiger partial charge in [-0.15, -0.1) is 0 Å². The van der Waals surface area contributed by atoms with Crippen LogP contribution in [0.25, 0.3) is 0 Å². The van der Waals surface area contributed by atoms with Crippen molar-refractivity contribution in [3.8, 4) is 0 Å². The van der Waals surface area contributed by atoms with E-state index in [4.69, 9.17) is 10.5 Å². The minimum Gasteiger partial charge on any atom is -0.375 e. The summed E-state index contributed by atoms with van der Waals surface area (Å²) in [7, 11) is 0. The minimum absolute atomic E-state index is 0.0407. The number of ether oxygens (including phenoxy) is 1.